The number of rotatable bonds is 8. The molecule has 0 radical (unpaired) electrons. The molecule has 0 amide bonds. The minimum atomic E-state index is -0.565. The van der Waals surface area contributed by atoms with Gasteiger partial charge < -0.3 is 25.2 Å². The van der Waals surface area contributed by atoms with Crippen LogP contribution in [0.1, 0.15) is 39.2 Å². The van der Waals surface area contributed by atoms with Crippen molar-refractivity contribution in [2.75, 3.05) is 38.7 Å². The Morgan fingerprint density at radius 1 is 1.24 bits per heavy atom. The number of aliphatic hydroxyl groups is 1. The molecule has 2 aromatic heterocycles. The Kier molecular flexibility index (Phi) is 7.17. The van der Waals surface area contributed by atoms with Crippen molar-refractivity contribution in [3.05, 3.63) is 42.1 Å². The Hall–Kier alpha value is -2.68. The summed E-state index contributed by atoms with van der Waals surface area (Å²) in [5.41, 5.74) is 3.67. The molecule has 0 bridgehead atoms. The monoisotopic (exact) mass is 453 g/mol. The second kappa shape index (κ2) is 10.1. The van der Waals surface area contributed by atoms with E-state index >= 15 is 0 Å². The van der Waals surface area contributed by atoms with Crippen LogP contribution in [0.4, 0.5) is 5.82 Å². The van der Waals surface area contributed by atoms with E-state index in [1.165, 1.54) is 0 Å². The third-order valence-corrected chi connectivity index (χ3v) is 5.87. The average molecular weight is 454 g/mol. The number of likely N-dealkylation sites (N-methyl/N-ethyl adjacent to an activating group) is 1. The molecule has 1 aromatic carbocycles. The number of anilines is 1. The molecule has 4 rings (SSSR count). The van der Waals surface area contributed by atoms with Crippen molar-refractivity contribution in [2.45, 2.75) is 51.2 Å². The van der Waals surface area contributed by atoms with Crippen LogP contribution in [0.25, 0.3) is 16.9 Å². The Morgan fingerprint density at radius 2 is 2.03 bits per heavy atom. The molecule has 0 saturated carbocycles. The molecule has 1 atom stereocenters. The van der Waals surface area contributed by atoms with E-state index in [0.29, 0.717) is 18.3 Å². The molecule has 1 aliphatic heterocycles. The molecule has 0 aliphatic carbocycles. The van der Waals surface area contributed by atoms with Crippen LogP contribution in [-0.4, -0.2) is 65.3 Å². The summed E-state index contributed by atoms with van der Waals surface area (Å²) in [6.45, 7) is 8.77. The molecule has 1 unspecified atom stereocenters. The standard InChI is InChI=1S/C25H35N5O3/c1-25(2,3)21-15-27-30-23(28-18-8-10-32-11-9-18)13-22(29-24(21)30)17-6-5-7-20(12-17)33-16-19(31)14-26-4/h5-7,12-13,15,18-19,26,28,31H,8-11,14,16H2,1-4H3. The van der Waals surface area contributed by atoms with E-state index in [0.717, 1.165) is 54.3 Å². The third kappa shape index (κ3) is 5.63. The largest absolute Gasteiger partial charge is 0.491 e. The van der Waals surface area contributed by atoms with Crippen molar-refractivity contribution < 1.29 is 14.6 Å². The maximum atomic E-state index is 9.96. The summed E-state index contributed by atoms with van der Waals surface area (Å²) in [6, 6.07) is 10.2. The van der Waals surface area contributed by atoms with Gasteiger partial charge in [0.2, 0.25) is 0 Å². The van der Waals surface area contributed by atoms with Gasteiger partial charge >= 0.3 is 0 Å². The van der Waals surface area contributed by atoms with Crippen molar-refractivity contribution >= 4 is 11.5 Å². The summed E-state index contributed by atoms with van der Waals surface area (Å²) in [7, 11) is 1.81. The predicted octanol–water partition coefficient (Wildman–Crippen LogP) is 3.24. The molecular formula is C25H35N5O3. The van der Waals surface area contributed by atoms with Crippen LogP contribution >= 0.6 is 0 Å². The molecule has 1 aliphatic rings. The van der Waals surface area contributed by atoms with Gasteiger partial charge in [-0.3, -0.25) is 0 Å². The lowest BCUT2D eigenvalue weighted by molar-refractivity contribution is 0.0903. The van der Waals surface area contributed by atoms with Gasteiger partial charge in [-0.25, -0.2) is 4.98 Å². The fourth-order valence-electron chi connectivity index (χ4n) is 4.03. The van der Waals surface area contributed by atoms with Crippen molar-refractivity contribution in [2.24, 2.45) is 0 Å². The van der Waals surface area contributed by atoms with Gasteiger partial charge in [0.15, 0.2) is 5.65 Å². The number of aliphatic hydroxyl groups excluding tert-OH is 1. The topological polar surface area (TPSA) is 92.9 Å². The Balaban J connectivity index is 1.70. The second-order valence-corrected chi connectivity index (χ2v) is 9.65. The highest BCUT2D eigenvalue weighted by atomic mass is 16.5. The molecule has 178 valence electrons. The van der Waals surface area contributed by atoms with Crippen molar-refractivity contribution in [1.82, 2.24) is 19.9 Å². The van der Waals surface area contributed by atoms with Gasteiger partial charge in [-0.1, -0.05) is 32.9 Å². The van der Waals surface area contributed by atoms with Gasteiger partial charge in [0.1, 0.15) is 24.3 Å². The number of ether oxygens (including phenoxy) is 2. The molecular weight excluding hydrogens is 418 g/mol. The van der Waals surface area contributed by atoms with Crippen LogP contribution < -0.4 is 15.4 Å². The maximum absolute atomic E-state index is 9.96. The lowest BCUT2D eigenvalue weighted by Gasteiger charge is -2.25. The minimum Gasteiger partial charge on any atom is -0.491 e. The first-order chi connectivity index (χ1) is 15.8. The van der Waals surface area contributed by atoms with Gasteiger partial charge in [0.05, 0.1) is 11.9 Å². The van der Waals surface area contributed by atoms with Gasteiger partial charge in [-0.05, 0) is 37.4 Å². The van der Waals surface area contributed by atoms with Crippen LogP contribution in [0.15, 0.2) is 36.5 Å². The van der Waals surface area contributed by atoms with E-state index in [4.69, 9.17) is 14.5 Å². The summed E-state index contributed by atoms with van der Waals surface area (Å²) in [5.74, 6) is 1.63. The van der Waals surface area contributed by atoms with E-state index in [1.54, 1.807) is 7.05 Å². The van der Waals surface area contributed by atoms with E-state index in [2.05, 4.69) is 42.6 Å². The lowest BCUT2D eigenvalue weighted by Crippen LogP contribution is -2.29. The molecule has 0 spiro atoms. The zero-order valence-corrected chi connectivity index (χ0v) is 20.0. The summed E-state index contributed by atoms with van der Waals surface area (Å²) >= 11 is 0. The smallest absolute Gasteiger partial charge is 0.161 e. The predicted molar refractivity (Wildman–Crippen MR) is 130 cm³/mol. The van der Waals surface area contributed by atoms with E-state index in [9.17, 15) is 5.11 Å². The van der Waals surface area contributed by atoms with E-state index < -0.39 is 6.10 Å². The molecule has 8 nitrogen and oxygen atoms in total. The average Bonchev–Trinajstić information content (AvgIpc) is 3.24. The summed E-state index contributed by atoms with van der Waals surface area (Å²) in [6.07, 6.45) is 3.28. The molecule has 8 heteroatoms. The van der Waals surface area contributed by atoms with Gasteiger partial charge in [-0.15, -0.1) is 0 Å². The molecule has 3 heterocycles. The molecule has 33 heavy (non-hydrogen) atoms. The van der Waals surface area contributed by atoms with Crippen molar-refractivity contribution in [3.63, 3.8) is 0 Å². The quantitative estimate of drug-likeness (QED) is 0.482. The zero-order chi connectivity index (χ0) is 23.4. The third-order valence-electron chi connectivity index (χ3n) is 5.87. The molecule has 1 fully saturated rings. The Labute approximate surface area is 195 Å². The van der Waals surface area contributed by atoms with Crippen molar-refractivity contribution in [3.8, 4) is 17.0 Å². The first-order valence-electron chi connectivity index (χ1n) is 11.6. The number of fused-ring (bicyclic) bond motifs is 1. The number of benzene rings is 1. The number of aromatic nitrogens is 3. The number of hydrogen-bond donors (Lipinski definition) is 3. The summed E-state index contributed by atoms with van der Waals surface area (Å²) in [5, 5.41) is 21.3. The van der Waals surface area contributed by atoms with Crippen LogP contribution in [-0.2, 0) is 10.2 Å². The van der Waals surface area contributed by atoms with E-state index in [1.807, 2.05) is 35.0 Å². The highest BCUT2D eigenvalue weighted by Gasteiger charge is 2.23. The highest BCUT2D eigenvalue weighted by molar-refractivity contribution is 5.69. The minimum absolute atomic E-state index is 0.0856. The first-order valence-corrected chi connectivity index (χ1v) is 11.6. The van der Waals surface area contributed by atoms with Gasteiger partial charge in [0, 0.05) is 43.0 Å². The van der Waals surface area contributed by atoms with Gasteiger partial charge in [0.25, 0.3) is 0 Å². The normalized spacial score (nSPS) is 16.2. The zero-order valence-electron chi connectivity index (χ0n) is 20.0. The molecule has 3 aromatic rings. The van der Waals surface area contributed by atoms with Crippen LogP contribution in [0.3, 0.4) is 0 Å². The molecule has 1 saturated heterocycles. The Morgan fingerprint density at radius 3 is 2.76 bits per heavy atom. The van der Waals surface area contributed by atoms with Crippen LogP contribution in [0, 0.1) is 0 Å². The summed E-state index contributed by atoms with van der Waals surface area (Å²) < 4.78 is 13.3. The fourth-order valence-corrected chi connectivity index (χ4v) is 4.03. The SMILES string of the molecule is CNCC(O)COc1cccc(-c2cc(NC3CCOCC3)n3ncc(C(C)(C)C)c3n2)c1. The maximum Gasteiger partial charge on any atom is 0.161 e. The fraction of sp³-hybridized carbons (Fsp3) is 0.520. The number of nitrogens with one attached hydrogen (secondary N) is 2. The molecule has 3 N–H and O–H groups in total. The van der Waals surface area contributed by atoms with Gasteiger partial charge in [-0.2, -0.15) is 9.61 Å². The van der Waals surface area contributed by atoms with Crippen LogP contribution in [0.2, 0.25) is 0 Å². The van der Waals surface area contributed by atoms with Crippen molar-refractivity contribution in [1.29, 1.82) is 0 Å². The number of hydrogen-bond acceptors (Lipinski definition) is 7. The summed E-state index contributed by atoms with van der Waals surface area (Å²) in [4.78, 5) is 5.01. The lowest BCUT2D eigenvalue weighted by atomic mass is 9.89. The van der Waals surface area contributed by atoms with E-state index in [-0.39, 0.29) is 12.0 Å². The van der Waals surface area contributed by atoms with Crippen LogP contribution in [0.5, 0.6) is 5.75 Å². The second-order valence-electron chi connectivity index (χ2n) is 9.65. The first kappa shape index (κ1) is 23.5. The number of nitrogens with zero attached hydrogens (tertiary/aromatic N) is 3. The Bertz CT molecular complexity index is 1070. The highest BCUT2D eigenvalue weighted by Crippen LogP contribution is 2.31.